The minimum atomic E-state index is -0.605. The van der Waals surface area contributed by atoms with Gasteiger partial charge in [0, 0.05) is 28.0 Å². The molecule has 1 saturated heterocycles. The largest absolute Gasteiger partial charge is 0.459 e. The number of hydrogen-bond donors (Lipinski definition) is 0. The maximum Gasteiger partial charge on any atom is 0.325 e. The molecule has 0 unspecified atom stereocenters. The smallest absolute Gasteiger partial charge is 0.325 e. The van der Waals surface area contributed by atoms with E-state index in [1.807, 2.05) is 6.92 Å². The number of hydrogen-bond acceptors (Lipinski definition) is 7. The minimum Gasteiger partial charge on any atom is -0.459 e. The van der Waals surface area contributed by atoms with Crippen molar-refractivity contribution in [3.8, 4) is 0 Å². The first-order valence-electron chi connectivity index (χ1n) is 10.4. The van der Waals surface area contributed by atoms with Crippen molar-refractivity contribution in [2.75, 3.05) is 6.54 Å². The number of halogens is 1. The van der Waals surface area contributed by atoms with E-state index in [-0.39, 0.29) is 41.8 Å². The second kappa shape index (κ2) is 10.8. The van der Waals surface area contributed by atoms with E-state index in [1.54, 1.807) is 31.2 Å². The fourth-order valence-electron chi connectivity index (χ4n) is 3.77. The Labute approximate surface area is 200 Å². The molecule has 10 heteroatoms. The van der Waals surface area contributed by atoms with Crippen LogP contribution in [0.5, 0.6) is 0 Å². The number of carbonyl (C=O) groups is 3. The molecule has 0 radical (unpaired) electrons. The Morgan fingerprint density at radius 3 is 2.39 bits per heavy atom. The first-order chi connectivity index (χ1) is 15.7. The number of nitrogens with zero attached hydrogens (tertiary/aromatic N) is 2. The van der Waals surface area contributed by atoms with E-state index >= 15 is 0 Å². The molecule has 1 aliphatic rings. The van der Waals surface area contributed by atoms with Crippen LogP contribution in [0.4, 0.5) is 5.69 Å². The molecule has 1 heterocycles. The summed E-state index contributed by atoms with van der Waals surface area (Å²) in [5.74, 6) is -1.58. The monoisotopic (exact) mass is 490 g/mol. The van der Waals surface area contributed by atoms with Crippen molar-refractivity contribution in [3.63, 3.8) is 0 Å². The summed E-state index contributed by atoms with van der Waals surface area (Å²) in [6, 6.07) is 12.2. The van der Waals surface area contributed by atoms with E-state index < -0.39 is 16.8 Å². The van der Waals surface area contributed by atoms with Crippen LogP contribution in [0.3, 0.4) is 0 Å². The number of carbonyl (C=O) groups excluding carboxylic acids is 3. The third-order valence-electron chi connectivity index (χ3n) is 5.57. The molecule has 1 amide bonds. The lowest BCUT2D eigenvalue weighted by molar-refractivity contribution is -0.384. The summed E-state index contributed by atoms with van der Waals surface area (Å²) < 4.78 is 5.24. The first kappa shape index (κ1) is 24.7. The number of ether oxygens (including phenoxy) is 1. The van der Waals surface area contributed by atoms with Crippen LogP contribution >= 0.6 is 23.4 Å². The molecule has 0 bridgehead atoms. The zero-order valence-electron chi connectivity index (χ0n) is 18.1. The van der Waals surface area contributed by atoms with Crippen LogP contribution in [-0.4, -0.2) is 39.4 Å². The van der Waals surface area contributed by atoms with Crippen LogP contribution < -0.4 is 0 Å². The molecular formula is C23H23ClN2O6S. The number of β-lactam (4-membered cyclic amide) rings is 1. The third kappa shape index (κ3) is 5.91. The van der Waals surface area contributed by atoms with Gasteiger partial charge in [-0.3, -0.25) is 24.5 Å². The van der Waals surface area contributed by atoms with E-state index in [0.29, 0.717) is 17.0 Å². The Bertz CT molecular complexity index is 1040. The topological polar surface area (TPSA) is 107 Å². The molecule has 3 atom stereocenters. The SMILES string of the molecule is CC[C@H]1C(=O)N(CC(=O)OCc2ccc([N+](=O)[O-])cc2)[C@@H]1[C@@H](C)C(=O)Sc1ccc(Cl)cc1. The first-order valence-corrected chi connectivity index (χ1v) is 11.6. The Morgan fingerprint density at radius 1 is 1.18 bits per heavy atom. The van der Waals surface area contributed by atoms with Crippen LogP contribution in [0.2, 0.25) is 5.02 Å². The number of likely N-dealkylation sites (tertiary alicyclic amines) is 1. The number of amides is 1. The number of esters is 1. The summed E-state index contributed by atoms with van der Waals surface area (Å²) in [6.45, 7) is 3.32. The molecule has 3 rings (SSSR count). The quantitative estimate of drug-likeness (QED) is 0.167. The van der Waals surface area contributed by atoms with Gasteiger partial charge in [0.2, 0.25) is 5.91 Å². The highest BCUT2D eigenvalue weighted by atomic mass is 35.5. The van der Waals surface area contributed by atoms with Crippen molar-refractivity contribution < 1.29 is 24.0 Å². The Morgan fingerprint density at radius 2 is 1.82 bits per heavy atom. The van der Waals surface area contributed by atoms with Crippen molar-refractivity contribution in [1.29, 1.82) is 0 Å². The van der Waals surface area contributed by atoms with E-state index in [9.17, 15) is 24.5 Å². The van der Waals surface area contributed by atoms with Crippen molar-refractivity contribution in [3.05, 3.63) is 69.2 Å². The van der Waals surface area contributed by atoms with Crippen molar-refractivity contribution in [1.82, 2.24) is 4.90 Å². The Balaban J connectivity index is 1.59. The molecule has 0 spiro atoms. The van der Waals surface area contributed by atoms with Crippen LogP contribution in [0.15, 0.2) is 53.4 Å². The van der Waals surface area contributed by atoms with E-state index in [0.717, 1.165) is 16.7 Å². The molecular weight excluding hydrogens is 468 g/mol. The van der Waals surface area contributed by atoms with Gasteiger partial charge in [-0.2, -0.15) is 0 Å². The molecule has 0 saturated carbocycles. The molecule has 0 N–H and O–H groups in total. The van der Waals surface area contributed by atoms with Crippen molar-refractivity contribution in [2.24, 2.45) is 11.8 Å². The fourth-order valence-corrected chi connectivity index (χ4v) is 4.73. The second-order valence-electron chi connectivity index (χ2n) is 7.72. The maximum absolute atomic E-state index is 12.8. The highest BCUT2D eigenvalue weighted by molar-refractivity contribution is 8.13. The van der Waals surface area contributed by atoms with E-state index in [2.05, 4.69) is 0 Å². The normalized spacial score (nSPS) is 18.4. The van der Waals surface area contributed by atoms with Gasteiger partial charge in [0.25, 0.3) is 5.69 Å². The average Bonchev–Trinajstić information content (AvgIpc) is 2.80. The van der Waals surface area contributed by atoms with Gasteiger partial charge in [-0.25, -0.2) is 0 Å². The predicted molar refractivity (Wildman–Crippen MR) is 124 cm³/mol. The van der Waals surface area contributed by atoms with Gasteiger partial charge in [0.15, 0.2) is 5.12 Å². The maximum atomic E-state index is 12.8. The predicted octanol–water partition coefficient (Wildman–Crippen LogP) is 4.48. The van der Waals surface area contributed by atoms with Crippen molar-refractivity contribution >= 4 is 46.0 Å². The number of benzene rings is 2. The van der Waals surface area contributed by atoms with E-state index in [1.165, 1.54) is 29.2 Å². The standard InChI is InChI=1S/C23H23ClN2O6S/c1-3-19-21(14(2)23(29)33-18-10-6-16(24)7-11-18)25(22(19)28)12-20(27)32-13-15-4-8-17(9-5-15)26(30)31/h4-11,14,19,21H,3,12-13H2,1-2H3/t14-,19-,21-/m1/s1. The summed E-state index contributed by atoms with van der Waals surface area (Å²) in [6.07, 6.45) is 0.571. The molecule has 0 aliphatic carbocycles. The second-order valence-corrected chi connectivity index (χ2v) is 9.23. The van der Waals surface area contributed by atoms with Gasteiger partial charge < -0.3 is 9.64 Å². The van der Waals surface area contributed by atoms with Crippen LogP contribution in [0.25, 0.3) is 0 Å². The molecule has 33 heavy (non-hydrogen) atoms. The van der Waals surface area contributed by atoms with E-state index in [4.69, 9.17) is 16.3 Å². The number of nitro benzene ring substituents is 1. The summed E-state index contributed by atoms with van der Waals surface area (Å²) in [5.41, 5.74) is 0.537. The lowest BCUT2D eigenvalue weighted by Gasteiger charge is -2.48. The molecule has 0 aromatic heterocycles. The van der Waals surface area contributed by atoms with Gasteiger partial charge in [-0.15, -0.1) is 0 Å². The van der Waals surface area contributed by atoms with Crippen LogP contribution in [0.1, 0.15) is 25.8 Å². The molecule has 1 aliphatic heterocycles. The van der Waals surface area contributed by atoms with Gasteiger partial charge in [-0.05, 0) is 48.4 Å². The lowest BCUT2D eigenvalue weighted by Crippen LogP contribution is -2.65. The number of rotatable bonds is 9. The lowest BCUT2D eigenvalue weighted by atomic mass is 9.78. The average molecular weight is 491 g/mol. The molecule has 2 aromatic carbocycles. The van der Waals surface area contributed by atoms with Gasteiger partial charge in [-0.1, -0.05) is 37.2 Å². The number of non-ortho nitro benzene ring substituents is 1. The minimum absolute atomic E-state index is 0.0557. The molecule has 1 fully saturated rings. The Hall–Kier alpha value is -2.91. The van der Waals surface area contributed by atoms with Crippen LogP contribution in [0, 0.1) is 22.0 Å². The van der Waals surface area contributed by atoms with Gasteiger partial charge in [0.05, 0.1) is 16.9 Å². The number of nitro groups is 1. The van der Waals surface area contributed by atoms with Gasteiger partial charge in [0.1, 0.15) is 13.2 Å². The molecule has 174 valence electrons. The highest BCUT2D eigenvalue weighted by Gasteiger charge is 2.51. The van der Waals surface area contributed by atoms with Gasteiger partial charge >= 0.3 is 5.97 Å². The zero-order valence-corrected chi connectivity index (χ0v) is 19.7. The summed E-state index contributed by atoms with van der Waals surface area (Å²) in [4.78, 5) is 50.1. The highest BCUT2D eigenvalue weighted by Crippen LogP contribution is 2.37. The summed E-state index contributed by atoms with van der Waals surface area (Å²) in [5, 5.41) is 11.2. The zero-order chi connectivity index (χ0) is 24.1. The number of thioether (sulfide) groups is 1. The van der Waals surface area contributed by atoms with Crippen molar-refractivity contribution in [2.45, 2.75) is 37.8 Å². The summed E-state index contributed by atoms with van der Waals surface area (Å²) in [7, 11) is 0. The molecule has 8 nitrogen and oxygen atoms in total. The fraction of sp³-hybridized carbons (Fsp3) is 0.348. The third-order valence-corrected chi connectivity index (χ3v) is 6.91. The van der Waals surface area contributed by atoms with Crippen LogP contribution in [-0.2, 0) is 25.7 Å². The molecule has 2 aromatic rings. The Kier molecular flexibility index (Phi) is 8.10. The summed E-state index contributed by atoms with van der Waals surface area (Å²) >= 11 is 6.97.